The van der Waals surface area contributed by atoms with Gasteiger partial charge in [0.2, 0.25) is 5.88 Å². The van der Waals surface area contributed by atoms with Gasteiger partial charge in [-0.15, -0.1) is 25.2 Å². The Morgan fingerprint density at radius 3 is 1.14 bits per heavy atom. The van der Waals surface area contributed by atoms with Gasteiger partial charge in [-0.2, -0.15) is 18.7 Å². The lowest BCUT2D eigenvalue weighted by Crippen LogP contribution is -2.24. The van der Waals surface area contributed by atoms with Gasteiger partial charge in [-0.25, -0.2) is 59.0 Å². The Hall–Kier alpha value is -13.0. The first-order valence-electron chi connectivity index (χ1n) is 30.8. The summed E-state index contributed by atoms with van der Waals surface area (Å²) >= 11 is 0. The Labute approximate surface area is 552 Å². The van der Waals surface area contributed by atoms with E-state index in [1.54, 1.807) is 78.9 Å². The summed E-state index contributed by atoms with van der Waals surface area (Å²) < 4.78 is 68.1. The Morgan fingerprint density at radius 1 is 0.438 bits per heavy atom. The summed E-state index contributed by atoms with van der Waals surface area (Å²) in [6, 6.07) is 21.9. The molecule has 4 aromatic carbocycles. The number of terminal acetylenes is 1. The van der Waals surface area contributed by atoms with E-state index in [2.05, 4.69) is 94.1 Å². The van der Waals surface area contributed by atoms with E-state index in [1.165, 1.54) is 53.5 Å². The second-order valence-electron chi connectivity index (χ2n) is 20.2. The van der Waals surface area contributed by atoms with E-state index in [0.29, 0.717) is 105 Å². The standard InChI is InChI=1S/C16H18N6O3.C16H16N6O2.C16H14N6O2.C15H16N6O2/c1-4-24-15-12(9-25-13-8-6-5-7-11(13)2)14(17-10-18-15)22-16(23)21(3)19-20-22;2*1-4-13-12(9-24-14-8-6-5-7-11(14)2)15(18-10-17-13)22-16(23)21(3)19-20-22;1-10-6-4-5-7-13(10)23-8-12-11(2)16-9-17-14(12)21-15(22)20(3)18-19-21/h5-8,10H,4,9H2,1-3H3;4-8,10H,1,9H2,2-3H3;1,5-8,10H,9H2,2-3H3;4-7,9H,8H2,1-3H3/i3*5T;4T. The van der Waals surface area contributed by atoms with Gasteiger partial charge in [0.05, 0.1) is 40.0 Å². The van der Waals surface area contributed by atoms with Crippen molar-refractivity contribution in [2.75, 3.05) is 6.61 Å². The van der Waals surface area contributed by atoms with E-state index in [1.807, 2.05) is 41.5 Å². The van der Waals surface area contributed by atoms with E-state index in [4.69, 9.17) is 35.6 Å². The van der Waals surface area contributed by atoms with Crippen molar-refractivity contribution in [3.8, 4) is 64.5 Å². The number of ether oxygens (including phenoxy) is 5. The minimum atomic E-state index is -0.460. The molecule has 8 heterocycles. The summed E-state index contributed by atoms with van der Waals surface area (Å²) in [5.41, 5.74) is 5.26. The first-order chi connectivity index (χ1) is 48.0. The largest absolute Gasteiger partial charge is 0.488 e. The smallest absolute Gasteiger partial charge is 0.369 e. The van der Waals surface area contributed by atoms with Crippen LogP contribution in [0.15, 0.2) is 148 Å². The minimum absolute atomic E-state index is 0.0386. The van der Waals surface area contributed by atoms with Gasteiger partial charge in [0, 0.05) is 33.9 Å². The van der Waals surface area contributed by atoms with Crippen molar-refractivity contribution in [2.24, 2.45) is 28.2 Å². The number of hydrogen-bond donors (Lipinski definition) is 0. The molecule has 0 amide bonds. The number of para-hydroxylation sites is 4. The molecular weight excluding hydrogens is 1240 g/mol. The molecule has 33 nitrogen and oxygen atoms in total. The highest BCUT2D eigenvalue weighted by molar-refractivity contribution is 5.52. The summed E-state index contributed by atoms with van der Waals surface area (Å²) in [5, 5.41) is 30.0. The maximum Gasteiger partial charge on any atom is 0.369 e. The number of nitrogens with zero attached hydrogens (tertiary/aromatic N) is 24. The quantitative estimate of drug-likeness (QED) is 0.104. The molecule has 0 saturated carbocycles. The van der Waals surface area contributed by atoms with E-state index >= 15 is 0 Å². The third-order valence-electron chi connectivity index (χ3n) is 13.8. The minimum Gasteiger partial charge on any atom is -0.488 e. The molecule has 0 N–H and O–H groups in total. The fourth-order valence-electron chi connectivity index (χ4n) is 8.58. The topological polar surface area (TPSA) is 360 Å². The molecular formula is C63H64N24O9. The average Bonchev–Trinajstić information content (AvgIpc) is 1.58. The van der Waals surface area contributed by atoms with Crippen molar-refractivity contribution < 1.29 is 29.2 Å². The zero-order valence-corrected chi connectivity index (χ0v) is 53.5. The summed E-state index contributed by atoms with van der Waals surface area (Å²) in [6.07, 6.45) is 12.3. The second kappa shape index (κ2) is 31.3. The number of aromatic nitrogens is 24. The van der Waals surface area contributed by atoms with Crippen molar-refractivity contribution in [1.82, 2.24) is 119 Å². The van der Waals surface area contributed by atoms with Gasteiger partial charge in [-0.05, 0) is 142 Å². The number of benzene rings is 4. The first-order valence-corrected chi connectivity index (χ1v) is 28.8. The molecule has 8 aromatic heterocycles. The van der Waals surface area contributed by atoms with Crippen molar-refractivity contribution in [3.63, 3.8) is 0 Å². The van der Waals surface area contributed by atoms with Gasteiger partial charge in [-0.3, -0.25) is 0 Å². The van der Waals surface area contributed by atoms with Crippen molar-refractivity contribution in [3.05, 3.63) is 232 Å². The molecule has 0 aliphatic rings. The third kappa shape index (κ3) is 15.6. The Morgan fingerprint density at radius 2 is 0.771 bits per heavy atom. The molecule has 0 aliphatic heterocycles. The van der Waals surface area contributed by atoms with Crippen molar-refractivity contribution in [2.45, 2.75) is 68.0 Å². The number of tetrazole rings is 4. The highest BCUT2D eigenvalue weighted by Gasteiger charge is 2.22. The van der Waals surface area contributed by atoms with Crippen LogP contribution in [0.25, 0.3) is 29.3 Å². The van der Waals surface area contributed by atoms with E-state index in [9.17, 15) is 19.2 Å². The number of hydrogen-bond acceptors (Lipinski definition) is 25. The van der Waals surface area contributed by atoms with Crippen LogP contribution in [0.4, 0.5) is 0 Å². The van der Waals surface area contributed by atoms with Crippen LogP contribution in [-0.2, 0) is 54.6 Å². The zero-order chi connectivity index (χ0) is 71.9. The average molecular weight is 1310 g/mol. The second-order valence-corrected chi connectivity index (χ2v) is 20.2. The van der Waals surface area contributed by atoms with Gasteiger partial charge >= 0.3 is 22.8 Å². The van der Waals surface area contributed by atoms with Crippen LogP contribution in [0.3, 0.4) is 0 Å². The van der Waals surface area contributed by atoms with Crippen LogP contribution in [0, 0.1) is 47.0 Å². The molecule has 96 heavy (non-hydrogen) atoms. The fourth-order valence-corrected chi connectivity index (χ4v) is 8.58. The van der Waals surface area contributed by atoms with Gasteiger partial charge in [0.15, 0.2) is 23.3 Å². The molecule has 490 valence electrons. The van der Waals surface area contributed by atoms with Gasteiger partial charge in [0.1, 0.15) is 80.4 Å². The molecule has 0 saturated heterocycles. The van der Waals surface area contributed by atoms with Crippen LogP contribution in [-0.4, -0.2) is 126 Å². The molecule has 12 rings (SSSR count). The first kappa shape index (κ1) is 61.8. The van der Waals surface area contributed by atoms with Crippen LogP contribution >= 0.6 is 0 Å². The molecule has 0 unspecified atom stereocenters. The SMILES string of the molecule is [3H]c1ccc(OCc2c(C#C)ncnc2-n2nnn(C)c2=O)c(C)c1.[3H]c1ccc(OCc2c(C)ncnc2-n2nnn(C)c2=O)c(C)c1.[3H]c1ccc(OCc2c(C=C)ncnc2-n2nnn(C)c2=O)c(C)c1.[3H]c1ccc(OCc2c(OCC)ncnc2-n2nnn(C)c2=O)c(C)c1. The van der Waals surface area contributed by atoms with Crippen molar-refractivity contribution in [1.29, 1.82) is 0 Å². The predicted octanol–water partition coefficient (Wildman–Crippen LogP) is 3.91. The molecule has 33 heteroatoms. The molecule has 0 radical (unpaired) electrons. The molecule has 0 aliphatic carbocycles. The zero-order valence-electron chi connectivity index (χ0n) is 57.5. The van der Waals surface area contributed by atoms with Crippen molar-refractivity contribution >= 4 is 6.08 Å². The van der Waals surface area contributed by atoms with Crippen LogP contribution in [0.2, 0.25) is 0 Å². The molecule has 0 bridgehead atoms. The molecule has 0 spiro atoms. The highest BCUT2D eigenvalue weighted by Crippen LogP contribution is 2.26. The number of rotatable bonds is 19. The highest BCUT2D eigenvalue weighted by atomic mass is 16.5. The molecule has 0 atom stereocenters. The van der Waals surface area contributed by atoms with E-state index in [-0.39, 0.29) is 43.9 Å². The van der Waals surface area contributed by atoms with Crippen LogP contribution in [0.5, 0.6) is 28.9 Å². The lowest BCUT2D eigenvalue weighted by Gasteiger charge is -2.14. The Bertz CT molecular complexity index is 5250. The van der Waals surface area contributed by atoms with Gasteiger partial charge in [-0.1, -0.05) is 79.3 Å². The lowest BCUT2D eigenvalue weighted by molar-refractivity contribution is 0.277. The molecule has 0 fully saturated rings. The summed E-state index contributed by atoms with van der Waals surface area (Å²) in [5.74, 6) is 6.37. The summed E-state index contributed by atoms with van der Waals surface area (Å²) in [7, 11) is 6.00. The predicted molar refractivity (Wildman–Crippen MR) is 345 cm³/mol. The number of aryl methyl sites for hydroxylation is 9. The third-order valence-corrected chi connectivity index (χ3v) is 13.8. The fraction of sp³-hybridized carbons (Fsp3) is 0.238. The maximum atomic E-state index is 12.2. The molecule has 12 aromatic rings. The maximum absolute atomic E-state index is 12.2. The summed E-state index contributed by atoms with van der Waals surface area (Å²) in [4.78, 5) is 81.6. The van der Waals surface area contributed by atoms with Crippen LogP contribution < -0.4 is 46.4 Å². The Balaban J connectivity index is 0.000000156. The van der Waals surface area contributed by atoms with E-state index < -0.39 is 22.8 Å². The monoisotopic (exact) mass is 1310 g/mol. The Kier molecular flexibility index (Phi) is 20.2. The van der Waals surface area contributed by atoms with E-state index in [0.717, 1.165) is 59.7 Å². The summed E-state index contributed by atoms with van der Waals surface area (Å²) in [6.45, 7) is 15.6. The van der Waals surface area contributed by atoms with Gasteiger partial charge in [0.25, 0.3) is 0 Å². The normalized spacial score (nSPS) is 11.2. The van der Waals surface area contributed by atoms with Crippen LogP contribution in [0.1, 0.15) is 74.0 Å². The lowest BCUT2D eigenvalue weighted by atomic mass is 10.2. The van der Waals surface area contributed by atoms with Gasteiger partial charge < -0.3 is 23.7 Å².